The second-order valence-electron chi connectivity index (χ2n) is 10.4. The van der Waals surface area contributed by atoms with E-state index in [1.807, 2.05) is 12.1 Å². The van der Waals surface area contributed by atoms with E-state index in [0.29, 0.717) is 26.7 Å². The van der Waals surface area contributed by atoms with Crippen LogP contribution in [0.4, 0.5) is 5.82 Å². The number of thioether (sulfide) groups is 1. The topological polar surface area (TPSA) is 104 Å². The number of benzene rings is 2. The van der Waals surface area contributed by atoms with Crippen LogP contribution in [0, 0.1) is 22.7 Å². The summed E-state index contributed by atoms with van der Waals surface area (Å²) in [6.07, 6.45) is 2.17. The van der Waals surface area contributed by atoms with Crippen LogP contribution in [0.5, 0.6) is 0 Å². The van der Waals surface area contributed by atoms with E-state index >= 15 is 0 Å². The Hall–Kier alpha value is -3.32. The molecule has 2 aromatic carbocycles. The van der Waals surface area contributed by atoms with Crippen LogP contribution in [0.3, 0.4) is 0 Å². The number of nitrogen functional groups attached to an aromatic ring is 1. The molecule has 36 heavy (non-hydrogen) atoms. The lowest BCUT2D eigenvalue weighted by Gasteiger charge is -2.42. The fourth-order valence-electron chi connectivity index (χ4n) is 4.81. The average molecular weight is 515 g/mol. The molecule has 0 saturated carbocycles. The molecule has 0 atom stereocenters. The lowest BCUT2D eigenvalue weighted by atomic mass is 9.63. The molecule has 0 saturated heterocycles. The molecule has 1 heterocycles. The van der Waals surface area contributed by atoms with Gasteiger partial charge in [-0.05, 0) is 58.6 Å². The number of halogens is 1. The zero-order valence-electron chi connectivity index (χ0n) is 20.8. The summed E-state index contributed by atoms with van der Waals surface area (Å²) in [5, 5.41) is 20.5. The minimum atomic E-state index is -0.0556. The number of Topliss-reactive ketones (excluding diaryl/α,β-unsaturated/α-hetero) is 1. The molecule has 0 unspecified atom stereocenters. The highest BCUT2D eigenvalue weighted by atomic mass is 35.5. The van der Waals surface area contributed by atoms with Gasteiger partial charge in [-0.15, -0.1) is 0 Å². The number of nitrogens with zero attached hydrogens (tertiary/aromatic N) is 3. The van der Waals surface area contributed by atoms with Crippen LogP contribution in [0.1, 0.15) is 73.1 Å². The molecule has 182 valence electrons. The van der Waals surface area contributed by atoms with E-state index in [1.165, 1.54) is 11.1 Å². The summed E-state index contributed by atoms with van der Waals surface area (Å²) in [4.78, 5) is 17.6. The van der Waals surface area contributed by atoms with Gasteiger partial charge < -0.3 is 5.73 Å². The van der Waals surface area contributed by atoms with E-state index in [4.69, 9.17) is 17.3 Å². The van der Waals surface area contributed by atoms with Crippen LogP contribution in [-0.4, -0.2) is 16.5 Å². The number of nitrogens with two attached hydrogens (primary N) is 1. The van der Waals surface area contributed by atoms with Gasteiger partial charge in [-0.2, -0.15) is 10.5 Å². The van der Waals surface area contributed by atoms with Gasteiger partial charge in [0.2, 0.25) is 0 Å². The predicted octanol–water partition coefficient (Wildman–Crippen LogP) is 7.05. The largest absolute Gasteiger partial charge is 0.383 e. The number of nitriles is 2. The van der Waals surface area contributed by atoms with Crippen LogP contribution in [-0.2, 0) is 10.8 Å². The number of hydrogen-bond acceptors (Lipinski definition) is 6. The molecule has 5 nitrogen and oxygen atoms in total. The number of ketones is 1. The number of carbonyl (C=O) groups excluding carboxylic acids is 1. The molecule has 0 amide bonds. The summed E-state index contributed by atoms with van der Waals surface area (Å²) in [5.74, 6) is 0.0454. The quantitative estimate of drug-likeness (QED) is 0.289. The minimum absolute atomic E-state index is 0.00272. The molecule has 0 bridgehead atoms. The first kappa shape index (κ1) is 25.8. The normalized spacial score (nSPS) is 15.4. The average Bonchev–Trinajstić information content (AvgIpc) is 2.84. The monoisotopic (exact) mass is 514 g/mol. The van der Waals surface area contributed by atoms with E-state index in [2.05, 4.69) is 50.9 Å². The fraction of sp³-hybridized carbons (Fsp3) is 0.310. The van der Waals surface area contributed by atoms with Crippen molar-refractivity contribution in [2.24, 2.45) is 0 Å². The first-order valence-corrected chi connectivity index (χ1v) is 13.1. The molecule has 1 aliphatic rings. The van der Waals surface area contributed by atoms with Crippen molar-refractivity contribution >= 4 is 35.0 Å². The van der Waals surface area contributed by atoms with E-state index in [0.717, 1.165) is 24.6 Å². The molecule has 1 aromatic heterocycles. The predicted molar refractivity (Wildman–Crippen MR) is 145 cm³/mol. The number of rotatable bonds is 5. The summed E-state index contributed by atoms with van der Waals surface area (Å²) >= 11 is 7.31. The van der Waals surface area contributed by atoms with Crippen molar-refractivity contribution < 1.29 is 4.79 Å². The second kappa shape index (κ2) is 9.62. The van der Waals surface area contributed by atoms with Crippen molar-refractivity contribution in [1.29, 1.82) is 10.5 Å². The number of aromatic nitrogens is 1. The molecule has 1 aliphatic carbocycles. The maximum absolute atomic E-state index is 13.3. The third kappa shape index (κ3) is 4.72. The van der Waals surface area contributed by atoms with Gasteiger partial charge in [0.25, 0.3) is 0 Å². The number of anilines is 1. The number of carbonyl (C=O) groups is 1. The standard InChI is InChI=1S/C29H27ClN4OS/c1-28(2)10-11-29(3,4)23-13-17(8-9-22(23)28)24(35)16-36-27-21(15-32)25(20(14-31)26(33)34-27)18-6-5-7-19(30)12-18/h5-9,12-13H,10-11,16H2,1-4H3,(H2,33,34). The van der Waals surface area contributed by atoms with Crippen LogP contribution >= 0.6 is 23.4 Å². The van der Waals surface area contributed by atoms with E-state index in [1.54, 1.807) is 24.3 Å². The van der Waals surface area contributed by atoms with Crippen molar-refractivity contribution in [2.45, 2.75) is 56.4 Å². The Morgan fingerprint density at radius 2 is 1.69 bits per heavy atom. The summed E-state index contributed by atoms with van der Waals surface area (Å²) < 4.78 is 0. The Kier molecular flexibility index (Phi) is 6.88. The highest BCUT2D eigenvalue weighted by molar-refractivity contribution is 8.00. The molecule has 2 N–H and O–H groups in total. The van der Waals surface area contributed by atoms with Crippen LogP contribution in [0.2, 0.25) is 5.02 Å². The van der Waals surface area contributed by atoms with Gasteiger partial charge in [-0.25, -0.2) is 4.98 Å². The van der Waals surface area contributed by atoms with Gasteiger partial charge in [-0.3, -0.25) is 4.79 Å². The van der Waals surface area contributed by atoms with E-state index < -0.39 is 0 Å². The summed E-state index contributed by atoms with van der Waals surface area (Å²) in [6, 6.07) is 17.1. The molecule has 0 spiro atoms. The maximum Gasteiger partial charge on any atom is 0.173 e. The molecular weight excluding hydrogens is 488 g/mol. The third-order valence-electron chi connectivity index (χ3n) is 7.04. The van der Waals surface area contributed by atoms with Gasteiger partial charge >= 0.3 is 0 Å². The third-order valence-corrected chi connectivity index (χ3v) is 8.25. The zero-order valence-corrected chi connectivity index (χ0v) is 22.3. The fourth-order valence-corrected chi connectivity index (χ4v) is 5.89. The van der Waals surface area contributed by atoms with E-state index in [-0.39, 0.29) is 39.3 Å². The molecular formula is C29H27ClN4OS. The summed E-state index contributed by atoms with van der Waals surface area (Å²) in [5.41, 5.74) is 10.6. The number of hydrogen-bond donors (Lipinski definition) is 1. The van der Waals surface area contributed by atoms with Crippen molar-refractivity contribution in [2.75, 3.05) is 11.5 Å². The zero-order chi connectivity index (χ0) is 26.3. The smallest absolute Gasteiger partial charge is 0.173 e. The van der Waals surface area contributed by atoms with Gasteiger partial charge in [0.05, 0.1) is 11.3 Å². The van der Waals surface area contributed by atoms with Crippen LogP contribution in [0.25, 0.3) is 11.1 Å². The number of pyridine rings is 1. The highest BCUT2D eigenvalue weighted by Crippen LogP contribution is 2.46. The maximum atomic E-state index is 13.3. The molecule has 7 heteroatoms. The molecule has 0 fully saturated rings. The van der Waals surface area contributed by atoms with Gasteiger partial charge in [0.1, 0.15) is 28.5 Å². The molecule has 4 rings (SSSR count). The van der Waals surface area contributed by atoms with Gasteiger partial charge in [0, 0.05) is 16.1 Å². The van der Waals surface area contributed by atoms with Gasteiger partial charge in [-0.1, -0.05) is 75.3 Å². The second-order valence-corrected chi connectivity index (χ2v) is 11.8. The Morgan fingerprint density at radius 1 is 1.03 bits per heavy atom. The van der Waals surface area contributed by atoms with E-state index in [9.17, 15) is 15.3 Å². The lowest BCUT2D eigenvalue weighted by molar-refractivity contribution is 0.102. The highest BCUT2D eigenvalue weighted by Gasteiger charge is 2.37. The Balaban J connectivity index is 1.69. The SMILES string of the molecule is CC1(C)CCC(C)(C)c2cc(C(=O)CSc3nc(N)c(C#N)c(-c4cccc(Cl)c4)c3C#N)ccc21. The van der Waals surface area contributed by atoms with Crippen molar-refractivity contribution in [1.82, 2.24) is 4.98 Å². The molecule has 0 radical (unpaired) electrons. The Labute approximate surface area is 221 Å². The Morgan fingerprint density at radius 3 is 2.33 bits per heavy atom. The van der Waals surface area contributed by atoms with Gasteiger partial charge in [0.15, 0.2) is 5.78 Å². The first-order chi connectivity index (χ1) is 17.0. The minimum Gasteiger partial charge on any atom is -0.383 e. The van der Waals surface area contributed by atoms with Crippen molar-refractivity contribution in [3.63, 3.8) is 0 Å². The lowest BCUT2D eigenvalue weighted by Crippen LogP contribution is -2.34. The first-order valence-electron chi connectivity index (χ1n) is 11.7. The van der Waals surface area contributed by atoms with Crippen LogP contribution < -0.4 is 5.73 Å². The van der Waals surface area contributed by atoms with Crippen molar-refractivity contribution in [3.8, 4) is 23.3 Å². The Bertz CT molecular complexity index is 1460. The summed E-state index contributed by atoms with van der Waals surface area (Å²) in [7, 11) is 0. The molecule has 0 aliphatic heterocycles. The number of fused-ring (bicyclic) bond motifs is 1. The van der Waals surface area contributed by atoms with Crippen LogP contribution in [0.15, 0.2) is 47.5 Å². The van der Waals surface area contributed by atoms with Crippen molar-refractivity contribution in [3.05, 3.63) is 75.3 Å². The summed E-state index contributed by atoms with van der Waals surface area (Å²) in [6.45, 7) is 8.95. The molecule has 3 aromatic rings.